The Bertz CT molecular complexity index is 920. The van der Waals surface area contributed by atoms with Crippen LogP contribution < -0.4 is 10.2 Å². The van der Waals surface area contributed by atoms with Crippen LogP contribution in [0.1, 0.15) is 17.3 Å². The minimum Gasteiger partial charge on any atom is -0.478 e. The molecule has 0 saturated carbocycles. The summed E-state index contributed by atoms with van der Waals surface area (Å²) in [4.78, 5) is 21.7. The van der Waals surface area contributed by atoms with E-state index in [1.165, 1.54) is 12.1 Å². The number of carbonyl (C=O) groups is 1. The SMILES string of the molecule is CCN(c1ccnc(Nc2ccc(C(=O)O)cc2)n1)c1ccccc1Cl.Cl. The van der Waals surface area contributed by atoms with Crippen LogP contribution in [0.3, 0.4) is 0 Å². The minimum absolute atomic E-state index is 0. The first kappa shape index (κ1) is 20.5. The average molecular weight is 405 g/mol. The van der Waals surface area contributed by atoms with E-state index < -0.39 is 5.97 Å². The predicted octanol–water partition coefficient (Wildman–Crippen LogP) is 5.15. The van der Waals surface area contributed by atoms with Crippen LogP contribution in [0.2, 0.25) is 5.02 Å². The molecule has 0 spiro atoms. The number of hydrogen-bond acceptors (Lipinski definition) is 5. The standard InChI is InChI=1S/C19H17ClN4O2.ClH/c1-2-24(16-6-4-3-5-15(16)20)17-11-12-21-19(23-17)22-14-9-7-13(8-10-14)18(25)26;/h3-12H,2H2,1H3,(H,25,26)(H,21,22,23);1H. The number of aromatic nitrogens is 2. The van der Waals surface area contributed by atoms with E-state index in [1.54, 1.807) is 18.3 Å². The van der Waals surface area contributed by atoms with E-state index in [4.69, 9.17) is 16.7 Å². The van der Waals surface area contributed by atoms with Crippen molar-refractivity contribution < 1.29 is 9.90 Å². The number of benzene rings is 2. The topological polar surface area (TPSA) is 78.4 Å². The van der Waals surface area contributed by atoms with E-state index in [0.717, 1.165) is 5.69 Å². The molecule has 0 fully saturated rings. The third-order valence-corrected chi connectivity index (χ3v) is 4.08. The lowest BCUT2D eigenvalue weighted by Gasteiger charge is -2.23. The van der Waals surface area contributed by atoms with E-state index in [-0.39, 0.29) is 18.0 Å². The smallest absolute Gasteiger partial charge is 0.335 e. The molecule has 2 aromatic carbocycles. The number of carboxylic acid groups (broad SMARTS) is 1. The molecule has 0 aliphatic heterocycles. The van der Waals surface area contributed by atoms with Gasteiger partial charge in [0.2, 0.25) is 5.95 Å². The van der Waals surface area contributed by atoms with Gasteiger partial charge in [-0.05, 0) is 49.4 Å². The van der Waals surface area contributed by atoms with E-state index in [2.05, 4.69) is 15.3 Å². The largest absolute Gasteiger partial charge is 0.478 e. The maximum absolute atomic E-state index is 10.9. The fraction of sp³-hybridized carbons (Fsp3) is 0.105. The zero-order chi connectivity index (χ0) is 18.5. The van der Waals surface area contributed by atoms with Crippen molar-refractivity contribution in [2.24, 2.45) is 0 Å². The maximum atomic E-state index is 10.9. The highest BCUT2D eigenvalue weighted by Crippen LogP contribution is 2.30. The lowest BCUT2D eigenvalue weighted by Crippen LogP contribution is -2.18. The van der Waals surface area contributed by atoms with E-state index in [0.29, 0.717) is 29.0 Å². The van der Waals surface area contributed by atoms with Crippen molar-refractivity contribution in [3.63, 3.8) is 0 Å². The van der Waals surface area contributed by atoms with Crippen LogP contribution in [-0.4, -0.2) is 27.6 Å². The van der Waals surface area contributed by atoms with Gasteiger partial charge in [-0.15, -0.1) is 12.4 Å². The van der Waals surface area contributed by atoms with Gasteiger partial charge in [0.15, 0.2) is 0 Å². The van der Waals surface area contributed by atoms with Gasteiger partial charge >= 0.3 is 5.97 Å². The first-order valence-corrected chi connectivity index (χ1v) is 8.41. The molecule has 0 radical (unpaired) electrons. The molecule has 2 N–H and O–H groups in total. The van der Waals surface area contributed by atoms with Crippen molar-refractivity contribution >= 4 is 53.1 Å². The summed E-state index contributed by atoms with van der Waals surface area (Å²) in [6.45, 7) is 2.71. The summed E-state index contributed by atoms with van der Waals surface area (Å²) in [5, 5.41) is 12.7. The van der Waals surface area contributed by atoms with Gasteiger partial charge in [0, 0.05) is 18.4 Å². The van der Waals surface area contributed by atoms with Crippen LogP contribution in [0.15, 0.2) is 60.8 Å². The molecule has 0 aliphatic rings. The summed E-state index contributed by atoms with van der Waals surface area (Å²) in [5.41, 5.74) is 1.79. The summed E-state index contributed by atoms with van der Waals surface area (Å²) in [5.74, 6) is 0.157. The third-order valence-electron chi connectivity index (χ3n) is 3.76. The van der Waals surface area contributed by atoms with Crippen LogP contribution in [0.25, 0.3) is 0 Å². The van der Waals surface area contributed by atoms with E-state index >= 15 is 0 Å². The normalized spacial score (nSPS) is 10.0. The molecule has 3 aromatic rings. The van der Waals surface area contributed by atoms with Gasteiger partial charge in [-0.2, -0.15) is 4.98 Å². The summed E-state index contributed by atoms with van der Waals surface area (Å²) in [6, 6.07) is 15.8. The number of anilines is 4. The lowest BCUT2D eigenvalue weighted by molar-refractivity contribution is 0.0697. The Kier molecular flexibility index (Phi) is 6.98. The molecule has 0 amide bonds. The average Bonchev–Trinajstić information content (AvgIpc) is 2.65. The summed E-state index contributed by atoms with van der Waals surface area (Å²) in [7, 11) is 0. The number of para-hydroxylation sites is 1. The Morgan fingerprint density at radius 1 is 1.15 bits per heavy atom. The Morgan fingerprint density at radius 2 is 1.85 bits per heavy atom. The predicted molar refractivity (Wildman–Crippen MR) is 110 cm³/mol. The van der Waals surface area contributed by atoms with Crippen LogP contribution in [0, 0.1) is 0 Å². The summed E-state index contributed by atoms with van der Waals surface area (Å²) >= 11 is 6.31. The van der Waals surface area contributed by atoms with Gasteiger partial charge < -0.3 is 15.3 Å². The number of hydrogen-bond donors (Lipinski definition) is 2. The first-order chi connectivity index (χ1) is 12.6. The van der Waals surface area contributed by atoms with Crippen molar-refractivity contribution in [2.45, 2.75) is 6.92 Å². The number of nitrogens with zero attached hydrogens (tertiary/aromatic N) is 3. The van der Waals surface area contributed by atoms with Crippen molar-refractivity contribution in [3.8, 4) is 0 Å². The van der Waals surface area contributed by atoms with Crippen LogP contribution in [-0.2, 0) is 0 Å². The fourth-order valence-corrected chi connectivity index (χ4v) is 2.75. The minimum atomic E-state index is -0.965. The molecule has 8 heteroatoms. The lowest BCUT2D eigenvalue weighted by atomic mass is 10.2. The number of rotatable bonds is 6. The maximum Gasteiger partial charge on any atom is 0.335 e. The highest BCUT2D eigenvalue weighted by atomic mass is 35.5. The molecule has 1 heterocycles. The van der Waals surface area contributed by atoms with Gasteiger partial charge in [-0.3, -0.25) is 0 Å². The summed E-state index contributed by atoms with van der Waals surface area (Å²) in [6.07, 6.45) is 1.66. The second kappa shape index (κ2) is 9.21. The molecule has 0 bridgehead atoms. The molecule has 0 saturated heterocycles. The van der Waals surface area contributed by atoms with E-state index in [9.17, 15) is 4.79 Å². The number of halogens is 2. The molecular formula is C19H18Cl2N4O2. The molecule has 0 unspecified atom stereocenters. The zero-order valence-corrected chi connectivity index (χ0v) is 16.0. The highest BCUT2D eigenvalue weighted by Gasteiger charge is 2.13. The number of aromatic carboxylic acids is 1. The molecular weight excluding hydrogens is 387 g/mol. The van der Waals surface area contributed by atoms with E-state index in [1.807, 2.05) is 42.2 Å². The molecule has 27 heavy (non-hydrogen) atoms. The fourth-order valence-electron chi connectivity index (χ4n) is 2.51. The number of nitrogens with one attached hydrogen (secondary N) is 1. The van der Waals surface area contributed by atoms with Gasteiger partial charge in [0.1, 0.15) is 5.82 Å². The Labute approximate surface area is 168 Å². The van der Waals surface area contributed by atoms with Crippen molar-refractivity contribution in [1.82, 2.24) is 9.97 Å². The van der Waals surface area contributed by atoms with Gasteiger partial charge in [0.05, 0.1) is 16.3 Å². The van der Waals surface area contributed by atoms with Crippen LogP contribution in [0.5, 0.6) is 0 Å². The Hall–Kier alpha value is -2.83. The molecule has 1 aromatic heterocycles. The van der Waals surface area contributed by atoms with Crippen molar-refractivity contribution in [3.05, 3.63) is 71.4 Å². The summed E-state index contributed by atoms with van der Waals surface area (Å²) < 4.78 is 0. The van der Waals surface area contributed by atoms with Gasteiger partial charge in [0.25, 0.3) is 0 Å². The first-order valence-electron chi connectivity index (χ1n) is 8.04. The Balaban J connectivity index is 0.00000261. The van der Waals surface area contributed by atoms with Crippen LogP contribution >= 0.6 is 24.0 Å². The van der Waals surface area contributed by atoms with Crippen molar-refractivity contribution in [1.29, 1.82) is 0 Å². The molecule has 0 aliphatic carbocycles. The van der Waals surface area contributed by atoms with Crippen molar-refractivity contribution in [2.75, 3.05) is 16.8 Å². The zero-order valence-electron chi connectivity index (χ0n) is 14.5. The molecule has 140 valence electrons. The quantitative estimate of drug-likeness (QED) is 0.591. The Morgan fingerprint density at radius 3 is 2.48 bits per heavy atom. The van der Waals surface area contributed by atoms with Gasteiger partial charge in [-0.25, -0.2) is 9.78 Å². The molecule has 0 atom stereocenters. The monoisotopic (exact) mass is 404 g/mol. The van der Waals surface area contributed by atoms with Crippen LogP contribution in [0.4, 0.5) is 23.1 Å². The van der Waals surface area contributed by atoms with Gasteiger partial charge in [-0.1, -0.05) is 23.7 Å². The molecule has 6 nitrogen and oxygen atoms in total. The molecule has 3 rings (SSSR count). The highest BCUT2D eigenvalue weighted by molar-refractivity contribution is 6.33. The number of carboxylic acids is 1. The second-order valence-electron chi connectivity index (χ2n) is 5.44. The third kappa shape index (κ3) is 4.87. The second-order valence-corrected chi connectivity index (χ2v) is 5.85.